The second kappa shape index (κ2) is 5.18. The molecular weight excluding hydrogens is 230 g/mol. The number of rotatable bonds is 4. The SMILES string of the molecule is COCCn1ccnc1-c1cc(C)c(=O)n(C)c1. The second-order valence-corrected chi connectivity index (χ2v) is 4.26. The van der Waals surface area contributed by atoms with Gasteiger partial charge < -0.3 is 13.9 Å². The molecule has 2 heterocycles. The lowest BCUT2D eigenvalue weighted by molar-refractivity contribution is 0.187. The fourth-order valence-corrected chi connectivity index (χ4v) is 1.94. The van der Waals surface area contributed by atoms with E-state index in [9.17, 15) is 4.79 Å². The van der Waals surface area contributed by atoms with Crippen LogP contribution in [0.1, 0.15) is 5.56 Å². The highest BCUT2D eigenvalue weighted by atomic mass is 16.5. The highest BCUT2D eigenvalue weighted by molar-refractivity contribution is 5.55. The van der Waals surface area contributed by atoms with Crippen LogP contribution in [0.5, 0.6) is 0 Å². The molecule has 0 amide bonds. The maximum atomic E-state index is 11.7. The molecule has 0 radical (unpaired) electrons. The van der Waals surface area contributed by atoms with E-state index < -0.39 is 0 Å². The molecule has 0 bridgehead atoms. The van der Waals surface area contributed by atoms with Crippen LogP contribution in [-0.4, -0.2) is 27.8 Å². The van der Waals surface area contributed by atoms with Crippen LogP contribution in [0.15, 0.2) is 29.5 Å². The predicted octanol–water partition coefficient (Wildman–Crippen LogP) is 1.20. The van der Waals surface area contributed by atoms with Crippen molar-refractivity contribution in [2.24, 2.45) is 7.05 Å². The number of aryl methyl sites for hydroxylation is 2. The fraction of sp³-hybridized carbons (Fsp3) is 0.385. The summed E-state index contributed by atoms with van der Waals surface area (Å²) in [6.45, 7) is 3.19. The quantitative estimate of drug-likeness (QED) is 0.815. The lowest BCUT2D eigenvalue weighted by Gasteiger charge is -2.09. The van der Waals surface area contributed by atoms with Gasteiger partial charge in [0.25, 0.3) is 5.56 Å². The molecule has 0 unspecified atom stereocenters. The molecule has 5 heteroatoms. The van der Waals surface area contributed by atoms with E-state index in [4.69, 9.17) is 4.74 Å². The van der Waals surface area contributed by atoms with Gasteiger partial charge in [0.2, 0.25) is 0 Å². The van der Waals surface area contributed by atoms with Crippen LogP contribution in [0.2, 0.25) is 0 Å². The van der Waals surface area contributed by atoms with E-state index >= 15 is 0 Å². The molecule has 2 aromatic rings. The molecule has 18 heavy (non-hydrogen) atoms. The van der Waals surface area contributed by atoms with Gasteiger partial charge in [0.05, 0.1) is 6.61 Å². The third-order valence-electron chi connectivity index (χ3n) is 2.87. The van der Waals surface area contributed by atoms with Crippen molar-refractivity contribution in [1.82, 2.24) is 14.1 Å². The van der Waals surface area contributed by atoms with Gasteiger partial charge in [0.15, 0.2) is 0 Å². The van der Waals surface area contributed by atoms with Gasteiger partial charge >= 0.3 is 0 Å². The Morgan fingerprint density at radius 2 is 2.22 bits per heavy atom. The molecule has 0 saturated heterocycles. The van der Waals surface area contributed by atoms with Crippen molar-refractivity contribution in [2.45, 2.75) is 13.5 Å². The molecule has 0 N–H and O–H groups in total. The van der Waals surface area contributed by atoms with Crippen molar-refractivity contribution < 1.29 is 4.74 Å². The number of methoxy groups -OCH3 is 1. The molecule has 0 aliphatic rings. The zero-order valence-corrected chi connectivity index (χ0v) is 10.9. The van der Waals surface area contributed by atoms with Gasteiger partial charge in [-0.2, -0.15) is 0 Å². The van der Waals surface area contributed by atoms with Crippen LogP contribution < -0.4 is 5.56 Å². The summed E-state index contributed by atoms with van der Waals surface area (Å²) in [4.78, 5) is 16.0. The number of hydrogen-bond donors (Lipinski definition) is 0. The smallest absolute Gasteiger partial charge is 0.253 e. The number of ether oxygens (including phenoxy) is 1. The van der Waals surface area contributed by atoms with Crippen molar-refractivity contribution in [1.29, 1.82) is 0 Å². The summed E-state index contributed by atoms with van der Waals surface area (Å²) >= 11 is 0. The Morgan fingerprint density at radius 3 is 2.89 bits per heavy atom. The van der Waals surface area contributed by atoms with E-state index in [1.54, 1.807) is 31.1 Å². The van der Waals surface area contributed by atoms with E-state index in [2.05, 4.69) is 4.98 Å². The molecule has 2 rings (SSSR count). The lowest BCUT2D eigenvalue weighted by Crippen LogP contribution is -2.19. The summed E-state index contributed by atoms with van der Waals surface area (Å²) in [7, 11) is 3.42. The van der Waals surface area contributed by atoms with Gasteiger partial charge in [-0.15, -0.1) is 0 Å². The summed E-state index contributed by atoms with van der Waals surface area (Å²) in [6.07, 6.45) is 5.47. The first-order chi connectivity index (χ1) is 8.63. The highest BCUT2D eigenvalue weighted by Gasteiger charge is 2.08. The Balaban J connectivity index is 2.43. The van der Waals surface area contributed by atoms with Gasteiger partial charge in [-0.05, 0) is 13.0 Å². The topological polar surface area (TPSA) is 49.1 Å². The molecule has 0 saturated carbocycles. The van der Waals surface area contributed by atoms with Gasteiger partial charge in [-0.1, -0.05) is 0 Å². The molecule has 96 valence electrons. The minimum absolute atomic E-state index is 0.0220. The number of aromatic nitrogens is 3. The minimum atomic E-state index is 0.0220. The van der Waals surface area contributed by atoms with Gasteiger partial charge in [0.1, 0.15) is 5.82 Å². The molecule has 0 atom stereocenters. The Hall–Kier alpha value is -1.88. The normalized spacial score (nSPS) is 10.8. The minimum Gasteiger partial charge on any atom is -0.383 e. The molecule has 0 aliphatic heterocycles. The first-order valence-corrected chi connectivity index (χ1v) is 5.81. The van der Waals surface area contributed by atoms with Gasteiger partial charge in [0, 0.05) is 50.4 Å². The molecule has 0 aliphatic carbocycles. The maximum absolute atomic E-state index is 11.7. The third-order valence-corrected chi connectivity index (χ3v) is 2.87. The van der Waals surface area contributed by atoms with Crippen molar-refractivity contribution in [3.05, 3.63) is 40.6 Å². The summed E-state index contributed by atoms with van der Waals surface area (Å²) in [6, 6.07) is 1.87. The predicted molar refractivity (Wildman–Crippen MR) is 69.5 cm³/mol. The van der Waals surface area contributed by atoms with Crippen LogP contribution >= 0.6 is 0 Å². The molecular formula is C13H17N3O2. The van der Waals surface area contributed by atoms with E-state index in [0.29, 0.717) is 6.61 Å². The number of imidazole rings is 1. The van der Waals surface area contributed by atoms with E-state index in [1.807, 2.05) is 23.8 Å². The zero-order valence-electron chi connectivity index (χ0n) is 10.9. The average Bonchev–Trinajstić information content (AvgIpc) is 2.81. The van der Waals surface area contributed by atoms with Crippen LogP contribution in [0.25, 0.3) is 11.4 Å². The van der Waals surface area contributed by atoms with Crippen molar-refractivity contribution in [3.63, 3.8) is 0 Å². The molecule has 5 nitrogen and oxygen atoms in total. The van der Waals surface area contributed by atoms with E-state index in [0.717, 1.165) is 23.5 Å². The lowest BCUT2D eigenvalue weighted by atomic mass is 10.2. The van der Waals surface area contributed by atoms with Crippen LogP contribution in [-0.2, 0) is 18.3 Å². The van der Waals surface area contributed by atoms with Crippen molar-refractivity contribution in [2.75, 3.05) is 13.7 Å². The Bertz CT molecular complexity index is 572. The first-order valence-electron chi connectivity index (χ1n) is 5.81. The molecule has 0 aromatic carbocycles. The molecule has 0 spiro atoms. The largest absolute Gasteiger partial charge is 0.383 e. The summed E-state index contributed by atoms with van der Waals surface area (Å²) in [5.41, 5.74) is 1.68. The third kappa shape index (κ3) is 2.36. The number of hydrogen-bond acceptors (Lipinski definition) is 3. The summed E-state index contributed by atoms with van der Waals surface area (Å²) in [5, 5.41) is 0. The van der Waals surface area contributed by atoms with E-state index in [1.165, 1.54) is 0 Å². The van der Waals surface area contributed by atoms with Crippen LogP contribution in [0, 0.1) is 6.92 Å². The zero-order chi connectivity index (χ0) is 13.1. The fourth-order valence-electron chi connectivity index (χ4n) is 1.94. The Kier molecular flexibility index (Phi) is 3.62. The standard InChI is InChI=1S/C13H17N3O2/c1-10-8-11(9-15(2)13(10)17)12-14-4-5-16(12)6-7-18-3/h4-5,8-9H,6-7H2,1-3H3. The monoisotopic (exact) mass is 247 g/mol. The Labute approximate surface area is 106 Å². The van der Waals surface area contributed by atoms with Crippen molar-refractivity contribution in [3.8, 4) is 11.4 Å². The number of nitrogens with zero attached hydrogens (tertiary/aromatic N) is 3. The molecule has 2 aromatic heterocycles. The first kappa shape index (κ1) is 12.6. The second-order valence-electron chi connectivity index (χ2n) is 4.26. The van der Waals surface area contributed by atoms with Crippen LogP contribution in [0.4, 0.5) is 0 Å². The number of pyridine rings is 1. The van der Waals surface area contributed by atoms with Gasteiger partial charge in [-0.25, -0.2) is 4.98 Å². The summed E-state index contributed by atoms with van der Waals surface area (Å²) < 4.78 is 8.67. The van der Waals surface area contributed by atoms with Gasteiger partial charge in [-0.3, -0.25) is 4.79 Å². The summed E-state index contributed by atoms with van der Waals surface area (Å²) in [5.74, 6) is 0.853. The maximum Gasteiger partial charge on any atom is 0.253 e. The average molecular weight is 247 g/mol. The molecule has 0 fully saturated rings. The van der Waals surface area contributed by atoms with Crippen molar-refractivity contribution >= 4 is 0 Å². The van der Waals surface area contributed by atoms with E-state index in [-0.39, 0.29) is 5.56 Å². The Morgan fingerprint density at radius 1 is 1.44 bits per heavy atom. The highest BCUT2D eigenvalue weighted by Crippen LogP contribution is 2.16. The van der Waals surface area contributed by atoms with Crippen LogP contribution in [0.3, 0.4) is 0 Å².